The van der Waals surface area contributed by atoms with E-state index < -0.39 is 0 Å². The normalized spacial score (nSPS) is 69.2. The van der Waals surface area contributed by atoms with E-state index in [2.05, 4.69) is 35.4 Å². The minimum atomic E-state index is -0.0562. The van der Waals surface area contributed by atoms with Crippen molar-refractivity contribution in [2.45, 2.75) is 187 Å². The molecule has 32 bridgehead atoms. The van der Waals surface area contributed by atoms with Crippen LogP contribution in [0, 0.1) is 166 Å². The van der Waals surface area contributed by atoms with Crippen LogP contribution in [0.1, 0.15) is 165 Å². The lowest BCUT2D eigenvalue weighted by atomic mass is 9.35. The Labute approximate surface area is 401 Å². The van der Waals surface area contributed by atoms with Crippen LogP contribution >= 0.6 is 15.8 Å². The molecule has 1 aromatic rings. The molecule has 2 heteroatoms. The highest BCUT2D eigenvalue weighted by Crippen LogP contribution is 2.93. The van der Waals surface area contributed by atoms with Crippen molar-refractivity contribution in [2.75, 3.05) is 0 Å². The predicted molar refractivity (Wildman–Crippen MR) is 267 cm³/mol. The van der Waals surface area contributed by atoms with Gasteiger partial charge < -0.3 is 0 Å². The number of hydrogen-bond acceptors (Lipinski definition) is 0. The van der Waals surface area contributed by atoms with Gasteiger partial charge in [-0.25, -0.2) is 0 Å². The van der Waals surface area contributed by atoms with Crippen molar-refractivity contribution < 1.29 is 0 Å². The van der Waals surface area contributed by atoms with E-state index in [1.807, 2.05) is 0 Å². The molecule has 0 heterocycles. The van der Waals surface area contributed by atoms with Crippen LogP contribution in [0.2, 0.25) is 0 Å². The van der Waals surface area contributed by atoms with Crippen LogP contribution in [-0.2, 0) is 12.3 Å². The molecule has 0 radical (unpaired) electrons. The zero-order valence-electron chi connectivity index (χ0n) is 40.8. The van der Waals surface area contributed by atoms with Gasteiger partial charge in [-0.05, 0) is 364 Å². The third-order valence-corrected chi connectivity index (χ3v) is 40.6. The first kappa shape index (κ1) is 37.8. The van der Waals surface area contributed by atoms with Gasteiger partial charge >= 0.3 is 0 Å². The van der Waals surface area contributed by atoms with Crippen LogP contribution < -0.4 is 0 Å². The molecule has 0 nitrogen and oxygen atoms in total. The fraction of sp³-hybridized carbons (Fsp3) is 0.906. The van der Waals surface area contributed by atoms with Gasteiger partial charge in [-0.15, -0.1) is 0 Å². The molecule has 28 aliphatic rings. The van der Waals surface area contributed by atoms with Crippen LogP contribution in [0.3, 0.4) is 0 Å². The molecule has 66 heavy (non-hydrogen) atoms. The first-order chi connectivity index (χ1) is 32.5. The predicted octanol–water partition coefficient (Wildman–Crippen LogP) is 15.5. The summed E-state index contributed by atoms with van der Waals surface area (Å²) in [6.45, 7) is 0. The molecule has 0 aliphatic heterocycles. The first-order valence-corrected chi connectivity index (χ1v) is 34.1. The molecule has 0 amide bonds. The van der Waals surface area contributed by atoms with E-state index in [1.165, 1.54) is 23.7 Å². The maximum absolute atomic E-state index is 2.95. The minimum absolute atomic E-state index is 0.0562. The van der Waals surface area contributed by atoms with Crippen molar-refractivity contribution in [3.63, 3.8) is 0 Å². The Kier molecular flexibility index (Phi) is 6.79. The quantitative estimate of drug-likeness (QED) is 0.228. The summed E-state index contributed by atoms with van der Waals surface area (Å²) in [7, 11) is -0.112. The van der Waals surface area contributed by atoms with Gasteiger partial charge in [0.1, 0.15) is 0 Å². The Morgan fingerprint density at radius 1 is 0.273 bits per heavy atom. The summed E-state index contributed by atoms with van der Waals surface area (Å²) >= 11 is 0. The lowest BCUT2D eigenvalue weighted by Gasteiger charge is -2.82. The van der Waals surface area contributed by atoms with Crippen molar-refractivity contribution in [3.8, 4) is 0 Å². The average Bonchev–Trinajstić information content (AvgIpc) is 3.35. The van der Waals surface area contributed by atoms with E-state index in [0.29, 0.717) is 0 Å². The average molecular weight is 915 g/mol. The Bertz CT molecular complexity index is 1970. The minimum Gasteiger partial charge on any atom is -0.0883 e. The summed E-state index contributed by atoms with van der Waals surface area (Å²) in [5, 5.41) is 3.10. The van der Waals surface area contributed by atoms with Crippen molar-refractivity contribution in [1.82, 2.24) is 0 Å². The highest BCUT2D eigenvalue weighted by atomic mass is 31.1. The maximum atomic E-state index is 2.95. The Morgan fingerprint density at radius 3 is 0.712 bits per heavy atom. The summed E-state index contributed by atoms with van der Waals surface area (Å²) in [5.41, 5.74) is 4.12. The van der Waals surface area contributed by atoms with Crippen LogP contribution in [0.15, 0.2) is 24.3 Å². The van der Waals surface area contributed by atoms with Crippen molar-refractivity contribution in [2.24, 2.45) is 166 Å². The molecule has 28 aliphatic carbocycles. The van der Waals surface area contributed by atoms with Crippen molar-refractivity contribution >= 4 is 15.8 Å². The molecule has 0 spiro atoms. The second kappa shape index (κ2) is 11.9. The number of hydrogen-bond donors (Lipinski definition) is 0. The molecular formula is C64H84P2. The fourth-order valence-electron chi connectivity index (χ4n) is 32.2. The van der Waals surface area contributed by atoms with E-state index in [0.717, 1.165) is 163 Å². The molecule has 29 rings (SSSR count). The number of rotatable bonds is 8. The summed E-state index contributed by atoms with van der Waals surface area (Å²) in [5.74, 6) is 32.2. The Hall–Kier alpha value is 0.0800. The fourth-order valence-corrected chi connectivity index (χ4v) is 43.8. The van der Waals surface area contributed by atoms with E-state index in [-0.39, 0.29) is 15.8 Å². The summed E-state index contributed by atoms with van der Waals surface area (Å²) in [6, 6.07) is 11.2. The molecule has 0 N–H and O–H groups in total. The lowest BCUT2D eigenvalue weighted by Crippen LogP contribution is -2.75. The van der Waals surface area contributed by atoms with Gasteiger partial charge in [0.2, 0.25) is 0 Å². The summed E-state index contributed by atoms with van der Waals surface area (Å²) < 4.78 is 0. The second-order valence-corrected chi connectivity index (χ2v) is 37.9. The van der Waals surface area contributed by atoms with Crippen molar-refractivity contribution in [1.29, 1.82) is 0 Å². The largest absolute Gasteiger partial charge is 0.0883 e. The first-order valence-electron chi connectivity index (χ1n) is 31.1. The third kappa shape index (κ3) is 3.92. The molecule has 0 aromatic heterocycles. The van der Waals surface area contributed by atoms with Gasteiger partial charge in [0, 0.05) is 0 Å². The zero-order valence-corrected chi connectivity index (χ0v) is 42.5. The molecule has 350 valence electrons. The molecule has 16 atom stereocenters. The van der Waals surface area contributed by atoms with Crippen LogP contribution in [0.25, 0.3) is 0 Å². The molecular weight excluding hydrogens is 831 g/mol. The highest BCUT2D eigenvalue weighted by molar-refractivity contribution is 7.61. The monoisotopic (exact) mass is 915 g/mol. The Morgan fingerprint density at radius 2 is 0.485 bits per heavy atom. The highest BCUT2D eigenvalue weighted by Gasteiger charge is 2.81. The molecule has 1 aromatic carbocycles. The standard InChI is InChI=1S/C64H84P2/c1-2-4-40(30-66(63-27-37-13-49-43-7-33(21-57(49)63)22-58(63)50(43)14-37)64-28-38-15-51-44-8-34(23-59(51)64)24-60(64)52(44)16-38)39(3-1)29-65(61-25-35-9-45-41-5-31(17-53(45)61)18-54(61)46(41)10-35)62-26-36-11-47-42-6-32(19-55(47)62)20-56(62)48(42)12-36/h1-4,31-38,41-60H,5-30H2. The summed E-state index contributed by atoms with van der Waals surface area (Å²) in [6.07, 6.45) is 44.2. The van der Waals surface area contributed by atoms with Gasteiger partial charge in [0.15, 0.2) is 0 Å². The maximum Gasteiger partial charge on any atom is -0.00215 e. The van der Waals surface area contributed by atoms with Crippen LogP contribution in [-0.4, -0.2) is 20.6 Å². The summed E-state index contributed by atoms with van der Waals surface area (Å²) in [4.78, 5) is 0. The smallest absolute Gasteiger partial charge is 0.00215 e. The third-order valence-electron chi connectivity index (χ3n) is 31.9. The molecule has 0 saturated heterocycles. The molecule has 28 saturated carbocycles. The van der Waals surface area contributed by atoms with Gasteiger partial charge in [-0.1, -0.05) is 40.1 Å². The van der Waals surface area contributed by atoms with Gasteiger partial charge in [0.05, 0.1) is 0 Å². The topological polar surface area (TPSA) is 0 Å². The van der Waals surface area contributed by atoms with Gasteiger partial charge in [-0.3, -0.25) is 0 Å². The van der Waals surface area contributed by atoms with E-state index in [1.54, 1.807) is 166 Å². The zero-order chi connectivity index (χ0) is 41.7. The van der Waals surface area contributed by atoms with Gasteiger partial charge in [0.25, 0.3) is 0 Å². The Balaban J connectivity index is 0.760. The van der Waals surface area contributed by atoms with E-state index >= 15 is 0 Å². The second-order valence-electron chi connectivity index (χ2n) is 32.2. The van der Waals surface area contributed by atoms with Crippen LogP contribution in [0.4, 0.5) is 0 Å². The van der Waals surface area contributed by atoms with Gasteiger partial charge in [-0.2, -0.15) is 0 Å². The van der Waals surface area contributed by atoms with Crippen LogP contribution in [0.5, 0.6) is 0 Å². The van der Waals surface area contributed by atoms with Crippen molar-refractivity contribution in [3.05, 3.63) is 35.4 Å². The molecule has 28 fully saturated rings. The van der Waals surface area contributed by atoms with E-state index in [9.17, 15) is 0 Å². The SMILES string of the molecule is c1ccc(CP(C23CC4CC5C6CC(CC52)CC3C6C4)C23CC4CC5C6CC(CC52)CC3C6C4)c(CP(C23CC4CC5C6CC(CC52)CC3C6C4)C23CC4CC5C6CC(CC52)CC3C6C4)c1. The lowest BCUT2D eigenvalue weighted by molar-refractivity contribution is -0.203. The number of benzene rings is 1. The molecule has 16 unspecified atom stereocenters. The van der Waals surface area contributed by atoms with E-state index in [4.69, 9.17) is 0 Å².